The van der Waals surface area contributed by atoms with Crippen molar-refractivity contribution in [3.63, 3.8) is 0 Å². The summed E-state index contributed by atoms with van der Waals surface area (Å²) in [4.78, 5) is 25.1. The van der Waals surface area contributed by atoms with E-state index < -0.39 is 0 Å². The highest BCUT2D eigenvalue weighted by Crippen LogP contribution is 2.34. The molecule has 0 spiro atoms. The van der Waals surface area contributed by atoms with Crippen molar-refractivity contribution in [2.45, 2.75) is 46.1 Å². The lowest BCUT2D eigenvalue weighted by atomic mass is 10.1. The van der Waals surface area contributed by atoms with Crippen molar-refractivity contribution in [1.82, 2.24) is 5.32 Å². The Morgan fingerprint density at radius 1 is 1.33 bits per heavy atom. The highest BCUT2D eigenvalue weighted by Gasteiger charge is 2.24. The summed E-state index contributed by atoms with van der Waals surface area (Å²) >= 11 is 1.44. The molecule has 1 aliphatic rings. The molecule has 0 aromatic carbocycles. The van der Waals surface area contributed by atoms with E-state index in [9.17, 15) is 9.59 Å². The van der Waals surface area contributed by atoms with Gasteiger partial charge in [-0.15, -0.1) is 11.3 Å². The van der Waals surface area contributed by atoms with Crippen LogP contribution in [0.15, 0.2) is 0 Å². The van der Waals surface area contributed by atoms with Crippen molar-refractivity contribution < 1.29 is 14.3 Å². The van der Waals surface area contributed by atoms with Crippen molar-refractivity contribution in [3.05, 3.63) is 16.0 Å². The summed E-state index contributed by atoms with van der Waals surface area (Å²) in [6.07, 6.45) is 3.02. The number of anilines is 1. The van der Waals surface area contributed by atoms with Gasteiger partial charge in [0.15, 0.2) is 0 Å². The van der Waals surface area contributed by atoms with E-state index in [2.05, 4.69) is 10.6 Å². The number of aryl methyl sites for hydroxylation is 1. The largest absolute Gasteiger partial charge is 0.462 e. The molecule has 1 aromatic heterocycles. The number of hydrogen-bond acceptors (Lipinski definition) is 5. The Hall–Kier alpha value is -1.40. The number of thiophene rings is 1. The van der Waals surface area contributed by atoms with Crippen LogP contribution >= 0.6 is 11.3 Å². The van der Waals surface area contributed by atoms with Gasteiger partial charge in [0, 0.05) is 10.9 Å². The molecular formula is C15H22N2O3S. The van der Waals surface area contributed by atoms with E-state index in [1.54, 1.807) is 6.92 Å². The van der Waals surface area contributed by atoms with Gasteiger partial charge in [-0.25, -0.2) is 4.79 Å². The van der Waals surface area contributed by atoms with Crippen molar-refractivity contribution in [3.8, 4) is 0 Å². The molecule has 21 heavy (non-hydrogen) atoms. The molecule has 2 rings (SSSR count). The fourth-order valence-corrected chi connectivity index (χ4v) is 3.36. The molecule has 6 heteroatoms. The van der Waals surface area contributed by atoms with Crippen LogP contribution in [0.5, 0.6) is 0 Å². The number of carbonyl (C=O) groups is 2. The van der Waals surface area contributed by atoms with Crippen LogP contribution in [0.2, 0.25) is 0 Å². The van der Waals surface area contributed by atoms with Gasteiger partial charge in [-0.1, -0.05) is 6.92 Å². The molecule has 1 heterocycles. The van der Waals surface area contributed by atoms with Gasteiger partial charge in [-0.2, -0.15) is 0 Å². The summed E-state index contributed by atoms with van der Waals surface area (Å²) in [6, 6.07) is 0.483. The highest BCUT2D eigenvalue weighted by molar-refractivity contribution is 7.16. The fourth-order valence-electron chi connectivity index (χ4n) is 2.21. The Bertz CT molecular complexity index is 535. The van der Waals surface area contributed by atoms with Crippen LogP contribution in [0, 0.1) is 6.92 Å². The molecule has 1 aromatic rings. The third kappa shape index (κ3) is 4.04. The van der Waals surface area contributed by atoms with E-state index >= 15 is 0 Å². The first-order valence-electron chi connectivity index (χ1n) is 7.39. The van der Waals surface area contributed by atoms with Gasteiger partial charge < -0.3 is 15.4 Å². The van der Waals surface area contributed by atoms with E-state index in [0.717, 1.165) is 29.7 Å². The number of hydrogen-bond donors (Lipinski definition) is 2. The van der Waals surface area contributed by atoms with E-state index in [1.165, 1.54) is 11.3 Å². The van der Waals surface area contributed by atoms with E-state index in [1.807, 2.05) is 13.8 Å². The Morgan fingerprint density at radius 2 is 2.05 bits per heavy atom. The number of esters is 1. The molecule has 0 unspecified atom stereocenters. The maximum Gasteiger partial charge on any atom is 0.341 e. The molecule has 0 saturated heterocycles. The van der Waals surface area contributed by atoms with Gasteiger partial charge in [0.05, 0.1) is 18.7 Å². The number of rotatable bonds is 7. The quantitative estimate of drug-likeness (QED) is 0.759. The maximum absolute atomic E-state index is 12.1. The standard InChI is InChI=1S/C15H22N2O3S/c1-4-11-9(3)21-14(13(11)15(19)20-5-2)17-12(18)8-16-10-6-7-10/h10,16H,4-8H2,1-3H3,(H,17,18). The van der Waals surface area contributed by atoms with Crippen LogP contribution in [0.4, 0.5) is 5.00 Å². The first kappa shape index (κ1) is 16.0. The molecule has 1 amide bonds. The number of amides is 1. The summed E-state index contributed by atoms with van der Waals surface area (Å²) in [7, 11) is 0. The Balaban J connectivity index is 2.12. The van der Waals surface area contributed by atoms with E-state index in [-0.39, 0.29) is 18.4 Å². The third-order valence-corrected chi connectivity index (χ3v) is 4.49. The van der Waals surface area contributed by atoms with Crippen LogP contribution < -0.4 is 10.6 Å². The molecule has 0 radical (unpaired) electrons. The minimum Gasteiger partial charge on any atom is -0.462 e. The third-order valence-electron chi connectivity index (χ3n) is 3.42. The molecule has 0 bridgehead atoms. The van der Waals surface area contributed by atoms with Gasteiger partial charge >= 0.3 is 5.97 Å². The predicted octanol–water partition coefficient (Wildman–Crippen LogP) is 2.49. The lowest BCUT2D eigenvalue weighted by Crippen LogP contribution is -2.29. The average molecular weight is 310 g/mol. The van der Waals surface area contributed by atoms with Crippen LogP contribution in [0.25, 0.3) is 0 Å². The smallest absolute Gasteiger partial charge is 0.341 e. The summed E-state index contributed by atoms with van der Waals surface area (Å²) in [6.45, 7) is 6.35. The van der Waals surface area contributed by atoms with E-state index in [4.69, 9.17) is 4.74 Å². The molecule has 116 valence electrons. The SMILES string of the molecule is CCOC(=O)c1c(NC(=O)CNC2CC2)sc(C)c1CC. The van der Waals surface area contributed by atoms with E-state index in [0.29, 0.717) is 23.2 Å². The first-order chi connectivity index (χ1) is 10.1. The van der Waals surface area contributed by atoms with Gasteiger partial charge in [0.25, 0.3) is 0 Å². The molecule has 0 aliphatic heterocycles. The Labute approximate surface area is 129 Å². The predicted molar refractivity (Wildman–Crippen MR) is 84.0 cm³/mol. The van der Waals surface area contributed by atoms with Gasteiger partial charge in [0.2, 0.25) is 5.91 Å². The molecule has 1 aliphatic carbocycles. The van der Waals surface area contributed by atoms with Crippen molar-refractivity contribution in [1.29, 1.82) is 0 Å². The average Bonchev–Trinajstić information content (AvgIpc) is 3.21. The Morgan fingerprint density at radius 3 is 2.62 bits per heavy atom. The number of nitrogens with one attached hydrogen (secondary N) is 2. The van der Waals surface area contributed by atoms with Crippen LogP contribution in [-0.2, 0) is 16.0 Å². The summed E-state index contributed by atoms with van der Waals surface area (Å²) in [5, 5.41) is 6.61. The molecular weight excluding hydrogens is 288 g/mol. The molecule has 1 saturated carbocycles. The topological polar surface area (TPSA) is 67.4 Å². The fraction of sp³-hybridized carbons (Fsp3) is 0.600. The number of ether oxygens (including phenoxy) is 1. The van der Waals surface area contributed by atoms with Crippen molar-refractivity contribution in [2.24, 2.45) is 0 Å². The normalized spacial score (nSPS) is 14.0. The minimum atomic E-state index is -0.357. The summed E-state index contributed by atoms with van der Waals surface area (Å²) in [5.74, 6) is -0.472. The second kappa shape index (κ2) is 7.04. The molecule has 1 fully saturated rings. The van der Waals surface area contributed by atoms with Crippen LogP contribution in [0.1, 0.15) is 47.5 Å². The zero-order valence-corrected chi connectivity index (χ0v) is 13.6. The number of carbonyl (C=O) groups excluding carboxylic acids is 2. The second-order valence-corrected chi connectivity index (χ2v) is 6.34. The monoisotopic (exact) mass is 310 g/mol. The molecule has 5 nitrogen and oxygen atoms in total. The zero-order chi connectivity index (χ0) is 15.4. The maximum atomic E-state index is 12.1. The van der Waals surface area contributed by atoms with Crippen molar-refractivity contribution >= 4 is 28.2 Å². The van der Waals surface area contributed by atoms with Crippen LogP contribution in [0.3, 0.4) is 0 Å². The van der Waals surface area contributed by atoms with Gasteiger partial charge in [0.1, 0.15) is 5.00 Å². The van der Waals surface area contributed by atoms with Crippen molar-refractivity contribution in [2.75, 3.05) is 18.5 Å². The zero-order valence-electron chi connectivity index (χ0n) is 12.7. The van der Waals surface area contributed by atoms with Gasteiger partial charge in [-0.3, -0.25) is 4.79 Å². The highest BCUT2D eigenvalue weighted by atomic mass is 32.1. The summed E-state index contributed by atoms with van der Waals surface area (Å²) in [5.41, 5.74) is 1.48. The van der Waals surface area contributed by atoms with Gasteiger partial charge in [-0.05, 0) is 38.7 Å². The minimum absolute atomic E-state index is 0.114. The summed E-state index contributed by atoms with van der Waals surface area (Å²) < 4.78 is 5.12. The second-order valence-electron chi connectivity index (χ2n) is 5.12. The first-order valence-corrected chi connectivity index (χ1v) is 8.21. The molecule has 2 N–H and O–H groups in total. The molecule has 0 atom stereocenters. The van der Waals surface area contributed by atoms with Crippen LogP contribution in [-0.4, -0.2) is 31.1 Å². The lowest BCUT2D eigenvalue weighted by molar-refractivity contribution is -0.115. The Kier molecular flexibility index (Phi) is 5.36. The lowest BCUT2D eigenvalue weighted by Gasteiger charge is -2.08.